The van der Waals surface area contributed by atoms with Gasteiger partial charge in [0.1, 0.15) is 11.5 Å². The molecule has 0 bridgehead atoms. The molecule has 0 aliphatic carbocycles. The Bertz CT molecular complexity index is 455. The molecule has 1 amide bonds. The summed E-state index contributed by atoms with van der Waals surface area (Å²) in [6, 6.07) is 1.13. The highest BCUT2D eigenvalue weighted by Crippen LogP contribution is 2.41. The van der Waals surface area contributed by atoms with Gasteiger partial charge in [-0.3, -0.25) is 4.79 Å². The maximum absolute atomic E-state index is 11.7. The van der Waals surface area contributed by atoms with Gasteiger partial charge in [-0.1, -0.05) is 0 Å². The lowest BCUT2D eigenvalue weighted by molar-refractivity contribution is 0.0294. The number of aliphatic hydroxyl groups excluding tert-OH is 1. The van der Waals surface area contributed by atoms with Crippen molar-refractivity contribution in [3.8, 4) is 11.5 Å². The van der Waals surface area contributed by atoms with E-state index in [0.717, 1.165) is 11.0 Å². The summed E-state index contributed by atoms with van der Waals surface area (Å²) in [6.45, 7) is 1.57. The Labute approximate surface area is 86.2 Å². The third-order valence-electron chi connectivity index (χ3n) is 2.74. The molecule has 1 heterocycles. The van der Waals surface area contributed by atoms with Crippen molar-refractivity contribution in [1.82, 2.24) is 4.90 Å². The molecular weight excluding hydrogens is 198 g/mol. The fourth-order valence-corrected chi connectivity index (χ4v) is 1.79. The number of fused-ring (bicyclic) bond motifs is 1. The second-order valence-corrected chi connectivity index (χ2v) is 3.62. The zero-order chi connectivity index (χ0) is 11.3. The molecule has 1 unspecified atom stereocenters. The van der Waals surface area contributed by atoms with Crippen LogP contribution in [0.1, 0.15) is 27.7 Å². The molecule has 1 aromatic carbocycles. The number of rotatable bonds is 0. The number of phenols is 2. The van der Waals surface area contributed by atoms with Gasteiger partial charge in [0, 0.05) is 18.7 Å². The molecule has 80 valence electrons. The van der Waals surface area contributed by atoms with Crippen LogP contribution >= 0.6 is 0 Å². The summed E-state index contributed by atoms with van der Waals surface area (Å²) in [6.07, 6.45) is -1.15. The van der Waals surface area contributed by atoms with E-state index in [-0.39, 0.29) is 22.6 Å². The van der Waals surface area contributed by atoms with Crippen LogP contribution in [0.2, 0.25) is 0 Å². The van der Waals surface area contributed by atoms with Crippen LogP contribution in [0, 0.1) is 6.92 Å². The summed E-state index contributed by atoms with van der Waals surface area (Å²) < 4.78 is 0. The quantitative estimate of drug-likeness (QED) is 0.580. The molecule has 1 aromatic rings. The summed E-state index contributed by atoms with van der Waals surface area (Å²) in [4.78, 5) is 12.8. The minimum Gasteiger partial charge on any atom is -0.508 e. The summed E-state index contributed by atoms with van der Waals surface area (Å²) in [5.74, 6) is -0.818. The van der Waals surface area contributed by atoms with Crippen LogP contribution in [-0.2, 0) is 0 Å². The zero-order valence-electron chi connectivity index (χ0n) is 8.35. The van der Waals surface area contributed by atoms with Crippen molar-refractivity contribution >= 4 is 5.91 Å². The van der Waals surface area contributed by atoms with Gasteiger partial charge >= 0.3 is 0 Å². The minimum atomic E-state index is -1.15. The van der Waals surface area contributed by atoms with Crippen molar-refractivity contribution in [3.63, 3.8) is 0 Å². The summed E-state index contributed by atoms with van der Waals surface area (Å²) in [7, 11) is 1.43. The fourth-order valence-electron chi connectivity index (χ4n) is 1.79. The van der Waals surface area contributed by atoms with E-state index in [2.05, 4.69) is 0 Å². The molecule has 1 atom stereocenters. The molecule has 1 aliphatic heterocycles. The minimum absolute atomic E-state index is 0.151. The molecule has 1 aliphatic rings. The normalized spacial score (nSPS) is 19.5. The number of phenolic OH excluding ortho intramolecular Hbond substituents is 2. The van der Waals surface area contributed by atoms with E-state index in [1.165, 1.54) is 7.05 Å². The van der Waals surface area contributed by atoms with Crippen LogP contribution < -0.4 is 0 Å². The van der Waals surface area contributed by atoms with Crippen molar-refractivity contribution in [1.29, 1.82) is 0 Å². The average Bonchev–Trinajstić information content (AvgIpc) is 2.40. The molecule has 0 radical (unpaired) electrons. The molecule has 5 heteroatoms. The van der Waals surface area contributed by atoms with Crippen LogP contribution in [0.3, 0.4) is 0 Å². The first-order chi connectivity index (χ1) is 6.95. The van der Waals surface area contributed by atoms with Crippen molar-refractivity contribution in [3.05, 3.63) is 22.8 Å². The number of amides is 1. The number of benzene rings is 1. The predicted octanol–water partition coefficient (Wildman–Crippen LogP) is 0.483. The Morgan fingerprint density at radius 2 is 1.93 bits per heavy atom. The van der Waals surface area contributed by atoms with E-state index >= 15 is 0 Å². The molecule has 0 saturated heterocycles. The van der Waals surface area contributed by atoms with Crippen LogP contribution in [0.25, 0.3) is 0 Å². The van der Waals surface area contributed by atoms with Crippen LogP contribution in [0.15, 0.2) is 6.07 Å². The third kappa shape index (κ3) is 1.10. The van der Waals surface area contributed by atoms with Gasteiger partial charge in [-0.25, -0.2) is 0 Å². The van der Waals surface area contributed by atoms with E-state index in [4.69, 9.17) is 0 Å². The predicted molar refractivity (Wildman–Crippen MR) is 51.6 cm³/mol. The molecule has 5 nitrogen and oxygen atoms in total. The third-order valence-corrected chi connectivity index (χ3v) is 2.74. The van der Waals surface area contributed by atoms with E-state index in [1.807, 2.05) is 0 Å². The molecule has 0 saturated carbocycles. The van der Waals surface area contributed by atoms with Crippen molar-refractivity contribution in [2.75, 3.05) is 7.05 Å². The molecule has 3 N–H and O–H groups in total. The van der Waals surface area contributed by atoms with Gasteiger partial charge in [0.05, 0.1) is 11.1 Å². The highest BCUT2D eigenvalue weighted by Gasteiger charge is 2.37. The summed E-state index contributed by atoms with van der Waals surface area (Å²) >= 11 is 0. The van der Waals surface area contributed by atoms with Gasteiger partial charge < -0.3 is 20.2 Å². The maximum atomic E-state index is 11.7. The number of aromatic hydroxyl groups is 2. The Morgan fingerprint density at radius 1 is 1.33 bits per heavy atom. The van der Waals surface area contributed by atoms with Crippen LogP contribution in [0.5, 0.6) is 11.5 Å². The largest absolute Gasteiger partial charge is 0.508 e. The Hall–Kier alpha value is -1.75. The Morgan fingerprint density at radius 3 is 2.53 bits per heavy atom. The molecule has 0 fully saturated rings. The Balaban J connectivity index is 2.79. The van der Waals surface area contributed by atoms with Gasteiger partial charge in [-0.05, 0) is 6.92 Å². The average molecular weight is 209 g/mol. The second kappa shape index (κ2) is 2.87. The monoisotopic (exact) mass is 209 g/mol. The SMILES string of the molecule is Cc1c(O)cc(O)c2c1C(=O)N(C)C2O. The van der Waals surface area contributed by atoms with Gasteiger partial charge in [0.15, 0.2) is 6.23 Å². The van der Waals surface area contributed by atoms with Gasteiger partial charge in [-0.15, -0.1) is 0 Å². The van der Waals surface area contributed by atoms with Gasteiger partial charge in [0.2, 0.25) is 0 Å². The van der Waals surface area contributed by atoms with Crippen molar-refractivity contribution in [2.24, 2.45) is 0 Å². The van der Waals surface area contributed by atoms with E-state index < -0.39 is 12.1 Å². The lowest BCUT2D eigenvalue weighted by Crippen LogP contribution is -2.22. The molecule has 2 rings (SSSR count). The molecular formula is C10H11NO4. The lowest BCUT2D eigenvalue weighted by atomic mass is 10.0. The number of aliphatic hydroxyl groups is 1. The highest BCUT2D eigenvalue weighted by atomic mass is 16.3. The van der Waals surface area contributed by atoms with E-state index in [0.29, 0.717) is 5.56 Å². The highest BCUT2D eigenvalue weighted by molar-refractivity contribution is 6.01. The fraction of sp³-hybridized carbons (Fsp3) is 0.300. The van der Waals surface area contributed by atoms with Crippen LogP contribution in [-0.4, -0.2) is 33.2 Å². The van der Waals surface area contributed by atoms with Crippen LogP contribution in [0.4, 0.5) is 0 Å². The summed E-state index contributed by atoms with van der Waals surface area (Å²) in [5, 5.41) is 28.7. The Kier molecular flexibility index (Phi) is 1.87. The first kappa shape index (κ1) is 9.79. The second-order valence-electron chi connectivity index (χ2n) is 3.62. The van der Waals surface area contributed by atoms with Crippen molar-refractivity contribution < 1.29 is 20.1 Å². The first-order valence-corrected chi connectivity index (χ1v) is 4.45. The van der Waals surface area contributed by atoms with Gasteiger partial charge in [-0.2, -0.15) is 0 Å². The lowest BCUT2D eigenvalue weighted by Gasteiger charge is -2.14. The first-order valence-electron chi connectivity index (χ1n) is 4.45. The van der Waals surface area contributed by atoms with Crippen molar-refractivity contribution in [2.45, 2.75) is 13.2 Å². The molecule has 15 heavy (non-hydrogen) atoms. The summed E-state index contributed by atoms with van der Waals surface area (Å²) in [5.41, 5.74) is 0.719. The van der Waals surface area contributed by atoms with E-state index in [1.54, 1.807) is 6.92 Å². The number of hydrogen-bond acceptors (Lipinski definition) is 4. The molecule has 0 aromatic heterocycles. The maximum Gasteiger partial charge on any atom is 0.256 e. The zero-order valence-corrected chi connectivity index (χ0v) is 8.35. The topological polar surface area (TPSA) is 81.0 Å². The smallest absolute Gasteiger partial charge is 0.256 e. The number of carbonyl (C=O) groups excluding carboxylic acids is 1. The van der Waals surface area contributed by atoms with E-state index in [9.17, 15) is 20.1 Å². The molecule has 0 spiro atoms. The number of nitrogens with zero attached hydrogens (tertiary/aromatic N) is 1. The standard InChI is InChI=1S/C10H11NO4/c1-4-5(12)3-6(13)8-7(4)9(14)11(2)10(8)15/h3,10,12-13,15H,1-2H3. The number of hydrogen-bond donors (Lipinski definition) is 3. The van der Waals surface area contributed by atoms with Gasteiger partial charge in [0.25, 0.3) is 5.91 Å². The number of carbonyl (C=O) groups is 1.